The maximum Gasteiger partial charge on any atom is 0.433 e. The van der Waals surface area contributed by atoms with E-state index in [4.69, 9.17) is 14.6 Å². The SMILES string of the molecule is C[Si](C)(C)CCOCn1ccc2c(-c3cnn(C4(CC#N)CC(N5CCC(Oc6cc(CO)cc(C(F)(F)F)n6)CC5)C4)c3)ccnc21. The van der Waals surface area contributed by atoms with Crippen LogP contribution in [0.3, 0.4) is 0 Å². The Morgan fingerprint density at radius 3 is 2.60 bits per heavy atom. The number of aliphatic hydroxyl groups excluding tert-OH is 1. The minimum absolute atomic E-state index is 0.111. The Hall–Kier alpha value is -3.77. The second-order valence-electron chi connectivity index (χ2n) is 14.2. The molecule has 1 saturated heterocycles. The number of halogens is 3. The van der Waals surface area contributed by atoms with Gasteiger partial charge in [-0.2, -0.15) is 23.5 Å². The number of piperidine rings is 1. The standard InChI is InChI=1S/C34H42F3N7O3Si/c1-48(2,3)15-14-46-23-43-13-7-29-28(4-10-39-32(29)43)25-20-40-44(21-25)33(8-9-38)18-26(19-33)42-11-5-27(6-12-42)47-31-17-24(22-45)16-30(41-31)34(35,36)37/h4,7,10,13,16-17,20-21,26-27,45H,5-6,8,11-12,14-15,18-19,22-23H2,1-3H3. The molecule has 0 unspecified atom stereocenters. The first-order valence-corrected chi connectivity index (χ1v) is 20.1. The maximum atomic E-state index is 13.3. The van der Waals surface area contributed by atoms with Gasteiger partial charge in [-0.1, -0.05) is 19.6 Å². The van der Waals surface area contributed by atoms with Crippen molar-refractivity contribution in [2.24, 2.45) is 0 Å². The zero-order valence-electron chi connectivity index (χ0n) is 27.6. The van der Waals surface area contributed by atoms with Crippen molar-refractivity contribution in [1.82, 2.24) is 29.2 Å². The smallest absolute Gasteiger partial charge is 0.433 e. The van der Waals surface area contributed by atoms with Gasteiger partial charge in [0.25, 0.3) is 0 Å². The van der Waals surface area contributed by atoms with Gasteiger partial charge >= 0.3 is 6.18 Å². The Morgan fingerprint density at radius 1 is 1.15 bits per heavy atom. The number of alkyl halides is 3. The molecule has 2 fully saturated rings. The fraction of sp³-hybridized carbons (Fsp3) is 0.529. The highest BCUT2D eigenvalue weighted by molar-refractivity contribution is 6.76. The van der Waals surface area contributed by atoms with Crippen molar-refractivity contribution in [3.63, 3.8) is 0 Å². The van der Waals surface area contributed by atoms with E-state index in [9.17, 15) is 23.5 Å². The average molecular weight is 682 g/mol. The summed E-state index contributed by atoms with van der Waals surface area (Å²) < 4.78 is 55.6. The third-order valence-corrected chi connectivity index (χ3v) is 11.2. The number of fused-ring (bicyclic) bond motifs is 1. The number of aliphatic hydroxyl groups is 1. The predicted molar refractivity (Wildman–Crippen MR) is 177 cm³/mol. The molecule has 14 heteroatoms. The van der Waals surface area contributed by atoms with Crippen LogP contribution in [0.4, 0.5) is 13.2 Å². The summed E-state index contributed by atoms with van der Waals surface area (Å²) in [7, 11) is -1.17. The molecule has 1 aliphatic carbocycles. The van der Waals surface area contributed by atoms with E-state index in [0.29, 0.717) is 26.0 Å². The van der Waals surface area contributed by atoms with Crippen molar-refractivity contribution < 1.29 is 27.8 Å². The Labute approximate surface area is 279 Å². The van der Waals surface area contributed by atoms with E-state index in [0.717, 1.165) is 66.8 Å². The number of pyridine rings is 2. The number of hydrogen-bond donors (Lipinski definition) is 1. The summed E-state index contributed by atoms with van der Waals surface area (Å²) in [5, 5.41) is 25.0. The van der Waals surface area contributed by atoms with Crippen LogP contribution in [0.5, 0.6) is 5.88 Å². The molecule has 10 nitrogen and oxygen atoms in total. The number of nitrogens with zero attached hydrogens (tertiary/aromatic N) is 7. The van der Waals surface area contributed by atoms with Crippen LogP contribution in [0.1, 0.15) is 43.4 Å². The van der Waals surface area contributed by atoms with E-state index >= 15 is 0 Å². The largest absolute Gasteiger partial charge is 0.474 e. The van der Waals surface area contributed by atoms with Gasteiger partial charge in [0.2, 0.25) is 5.88 Å². The monoisotopic (exact) mass is 681 g/mol. The van der Waals surface area contributed by atoms with Gasteiger partial charge in [0.15, 0.2) is 0 Å². The zero-order chi connectivity index (χ0) is 34.1. The first kappa shape index (κ1) is 34.1. The minimum Gasteiger partial charge on any atom is -0.474 e. The number of rotatable bonds is 12. The third-order valence-electron chi connectivity index (χ3n) is 9.52. The normalized spacial score (nSPS) is 20.9. The topological polar surface area (TPSA) is 114 Å². The Morgan fingerprint density at radius 2 is 1.92 bits per heavy atom. The molecule has 0 spiro atoms. The molecule has 6 rings (SSSR count). The maximum absolute atomic E-state index is 13.3. The molecule has 48 heavy (non-hydrogen) atoms. The lowest BCUT2D eigenvalue weighted by Gasteiger charge is -2.52. The summed E-state index contributed by atoms with van der Waals surface area (Å²) in [6.07, 6.45) is 5.98. The molecule has 0 radical (unpaired) electrons. The van der Waals surface area contributed by atoms with Gasteiger partial charge < -0.3 is 19.1 Å². The molecule has 5 heterocycles. The highest BCUT2D eigenvalue weighted by Gasteiger charge is 2.49. The van der Waals surface area contributed by atoms with Crippen molar-refractivity contribution in [3.05, 3.63) is 60.3 Å². The summed E-state index contributed by atoms with van der Waals surface area (Å²) in [6.45, 7) is 9.11. The van der Waals surface area contributed by atoms with E-state index < -0.39 is 32.1 Å². The Kier molecular flexibility index (Phi) is 9.68. The predicted octanol–water partition coefficient (Wildman–Crippen LogP) is 6.43. The second-order valence-corrected chi connectivity index (χ2v) is 19.9. The summed E-state index contributed by atoms with van der Waals surface area (Å²) in [6, 6.07) is 10.00. The number of aromatic nitrogens is 5. The number of hydrogen-bond acceptors (Lipinski definition) is 8. The van der Waals surface area contributed by atoms with E-state index in [-0.39, 0.29) is 23.6 Å². The fourth-order valence-electron chi connectivity index (χ4n) is 6.73. The van der Waals surface area contributed by atoms with Gasteiger partial charge in [-0.25, -0.2) is 9.97 Å². The Balaban J connectivity index is 1.08. The lowest BCUT2D eigenvalue weighted by atomic mass is 9.69. The van der Waals surface area contributed by atoms with Gasteiger partial charge in [-0.3, -0.25) is 9.58 Å². The van der Waals surface area contributed by atoms with E-state index in [1.807, 2.05) is 33.9 Å². The average Bonchev–Trinajstić information content (AvgIpc) is 3.68. The number of ether oxygens (including phenoxy) is 2. The van der Waals surface area contributed by atoms with Crippen molar-refractivity contribution in [3.8, 4) is 23.1 Å². The molecule has 2 aliphatic rings. The molecule has 4 aromatic rings. The third kappa shape index (κ3) is 7.44. The van der Waals surface area contributed by atoms with Crippen LogP contribution in [-0.4, -0.2) is 74.2 Å². The van der Waals surface area contributed by atoms with Crippen molar-refractivity contribution in [1.29, 1.82) is 5.26 Å². The van der Waals surface area contributed by atoms with Crippen LogP contribution < -0.4 is 4.74 Å². The van der Waals surface area contributed by atoms with Crippen molar-refractivity contribution >= 4 is 19.1 Å². The lowest BCUT2D eigenvalue weighted by Crippen LogP contribution is -2.58. The second kappa shape index (κ2) is 13.6. The molecule has 1 N–H and O–H groups in total. The van der Waals surface area contributed by atoms with Crippen LogP contribution in [0.25, 0.3) is 22.2 Å². The summed E-state index contributed by atoms with van der Waals surface area (Å²) in [5.74, 6) is -0.118. The quantitative estimate of drug-likeness (QED) is 0.134. The molecule has 0 amide bonds. The number of likely N-dealkylation sites (tertiary alicyclic amines) is 1. The summed E-state index contributed by atoms with van der Waals surface area (Å²) in [5.41, 5.74) is 1.48. The highest BCUT2D eigenvalue weighted by Crippen LogP contribution is 2.46. The van der Waals surface area contributed by atoms with Gasteiger partial charge in [0, 0.05) is 69.4 Å². The zero-order valence-corrected chi connectivity index (χ0v) is 28.6. The molecule has 1 saturated carbocycles. The first-order valence-electron chi connectivity index (χ1n) is 16.4. The number of nitriles is 1. The van der Waals surface area contributed by atoms with Gasteiger partial charge in [0.1, 0.15) is 24.2 Å². The van der Waals surface area contributed by atoms with Gasteiger partial charge in [-0.05, 0) is 61.1 Å². The van der Waals surface area contributed by atoms with Crippen LogP contribution in [-0.2, 0) is 29.8 Å². The van der Waals surface area contributed by atoms with Crippen LogP contribution in [0.2, 0.25) is 25.7 Å². The van der Waals surface area contributed by atoms with E-state index in [2.05, 4.69) is 46.6 Å². The van der Waals surface area contributed by atoms with Crippen molar-refractivity contribution in [2.45, 2.75) is 95.0 Å². The van der Waals surface area contributed by atoms with E-state index in [1.54, 1.807) is 6.20 Å². The first-order chi connectivity index (χ1) is 22.9. The van der Waals surface area contributed by atoms with E-state index in [1.165, 1.54) is 6.07 Å². The Bertz CT molecular complexity index is 1760. The van der Waals surface area contributed by atoms with Crippen LogP contribution >= 0.6 is 0 Å². The fourth-order valence-corrected chi connectivity index (χ4v) is 7.49. The summed E-state index contributed by atoms with van der Waals surface area (Å²) in [4.78, 5) is 10.6. The minimum atomic E-state index is -4.62. The summed E-state index contributed by atoms with van der Waals surface area (Å²) >= 11 is 0. The molecule has 0 bridgehead atoms. The van der Waals surface area contributed by atoms with Gasteiger partial charge in [0.05, 0.1) is 30.8 Å². The molecular weight excluding hydrogens is 640 g/mol. The molecule has 0 aromatic carbocycles. The molecular formula is C34H42F3N7O3Si. The molecule has 1 aliphatic heterocycles. The van der Waals surface area contributed by atoms with Crippen LogP contribution in [0.15, 0.2) is 49.1 Å². The van der Waals surface area contributed by atoms with Gasteiger partial charge in [-0.15, -0.1) is 0 Å². The molecule has 0 atom stereocenters. The van der Waals surface area contributed by atoms with Crippen molar-refractivity contribution in [2.75, 3.05) is 19.7 Å². The lowest BCUT2D eigenvalue weighted by molar-refractivity contribution is -0.141. The molecule has 256 valence electrons. The molecule has 4 aromatic heterocycles. The van der Waals surface area contributed by atoms with Crippen LogP contribution in [0, 0.1) is 11.3 Å². The highest BCUT2D eigenvalue weighted by atomic mass is 28.3.